The SMILES string of the molecule is CCCOC(=O)NCCC([NH])=O. The smallest absolute Gasteiger partial charge is 0.407 e. The Hall–Kier alpha value is -1.26. The molecular formula is C7H13N2O3. The lowest BCUT2D eigenvalue weighted by Crippen LogP contribution is -2.27. The van der Waals surface area contributed by atoms with Crippen molar-refractivity contribution in [1.29, 1.82) is 0 Å². The average Bonchev–Trinajstić information content (AvgIpc) is 2.00. The molecule has 12 heavy (non-hydrogen) atoms. The molecule has 0 aromatic carbocycles. The minimum absolute atomic E-state index is 0.0290. The normalized spacial score (nSPS) is 9.08. The monoisotopic (exact) mass is 173 g/mol. The lowest BCUT2D eigenvalue weighted by Gasteiger charge is -2.03. The molecule has 0 heterocycles. The quantitative estimate of drug-likeness (QED) is 0.650. The fourth-order valence-electron chi connectivity index (χ4n) is 0.524. The van der Waals surface area contributed by atoms with Crippen molar-refractivity contribution >= 4 is 12.0 Å². The van der Waals surface area contributed by atoms with E-state index in [0.29, 0.717) is 6.61 Å². The fourth-order valence-corrected chi connectivity index (χ4v) is 0.524. The first-order chi connectivity index (χ1) is 5.66. The molecule has 0 bridgehead atoms. The molecule has 0 saturated carbocycles. The summed E-state index contributed by atoms with van der Waals surface area (Å²) in [4.78, 5) is 20.8. The molecule has 0 saturated heterocycles. The van der Waals surface area contributed by atoms with Gasteiger partial charge in [0, 0.05) is 13.0 Å². The van der Waals surface area contributed by atoms with Crippen LogP contribution in [-0.4, -0.2) is 25.2 Å². The number of hydrogen-bond donors (Lipinski definition) is 1. The van der Waals surface area contributed by atoms with Crippen LogP contribution in [-0.2, 0) is 9.53 Å². The van der Waals surface area contributed by atoms with Crippen LogP contribution in [0.15, 0.2) is 0 Å². The van der Waals surface area contributed by atoms with Crippen LogP contribution in [0.4, 0.5) is 4.79 Å². The molecule has 0 aliphatic heterocycles. The highest BCUT2D eigenvalue weighted by Gasteiger charge is 2.00. The Morgan fingerprint density at radius 2 is 2.17 bits per heavy atom. The zero-order chi connectivity index (χ0) is 9.40. The standard InChI is InChI=1S/C7H13N2O3/c1-2-5-12-7(11)9-4-3-6(8)10/h8H,2-5H2,1H3,(H,9,11). The largest absolute Gasteiger partial charge is 0.450 e. The predicted molar refractivity (Wildman–Crippen MR) is 42.4 cm³/mol. The summed E-state index contributed by atoms with van der Waals surface area (Å²) in [6, 6.07) is 0. The molecular weight excluding hydrogens is 160 g/mol. The second-order valence-corrected chi connectivity index (χ2v) is 2.24. The molecule has 0 fully saturated rings. The summed E-state index contributed by atoms with van der Waals surface area (Å²) in [5.41, 5.74) is 6.53. The van der Waals surface area contributed by atoms with Crippen molar-refractivity contribution in [2.24, 2.45) is 0 Å². The lowest BCUT2D eigenvalue weighted by atomic mass is 10.4. The average molecular weight is 173 g/mol. The molecule has 0 atom stereocenters. The molecule has 69 valence electrons. The van der Waals surface area contributed by atoms with Crippen LogP contribution in [0, 0.1) is 0 Å². The second kappa shape index (κ2) is 6.45. The number of nitrogens with one attached hydrogen (secondary N) is 2. The number of carbonyl (C=O) groups is 2. The number of rotatable bonds is 5. The first kappa shape index (κ1) is 10.7. The van der Waals surface area contributed by atoms with Gasteiger partial charge in [-0.2, -0.15) is 0 Å². The van der Waals surface area contributed by atoms with Crippen molar-refractivity contribution < 1.29 is 14.3 Å². The van der Waals surface area contributed by atoms with Crippen LogP contribution < -0.4 is 11.1 Å². The Balaban J connectivity index is 3.25. The summed E-state index contributed by atoms with van der Waals surface area (Å²) in [6.07, 6.45) is 0.268. The van der Waals surface area contributed by atoms with Gasteiger partial charge < -0.3 is 10.1 Å². The number of amides is 2. The van der Waals surface area contributed by atoms with Gasteiger partial charge >= 0.3 is 6.09 Å². The molecule has 2 amide bonds. The van der Waals surface area contributed by atoms with Crippen LogP contribution in [0.1, 0.15) is 19.8 Å². The Bertz CT molecular complexity index is 159. The van der Waals surface area contributed by atoms with E-state index in [2.05, 4.69) is 10.1 Å². The number of alkyl carbamates (subject to hydrolysis) is 1. The van der Waals surface area contributed by atoms with E-state index in [-0.39, 0.29) is 13.0 Å². The number of ether oxygens (including phenoxy) is 1. The van der Waals surface area contributed by atoms with E-state index in [1.54, 1.807) is 0 Å². The third kappa shape index (κ3) is 6.85. The van der Waals surface area contributed by atoms with Crippen molar-refractivity contribution in [2.75, 3.05) is 13.2 Å². The van der Waals surface area contributed by atoms with Crippen LogP contribution in [0.5, 0.6) is 0 Å². The minimum atomic E-state index is -0.689. The molecule has 2 N–H and O–H groups in total. The van der Waals surface area contributed by atoms with Crippen molar-refractivity contribution in [2.45, 2.75) is 19.8 Å². The zero-order valence-electron chi connectivity index (χ0n) is 7.05. The molecule has 0 unspecified atom stereocenters. The van der Waals surface area contributed by atoms with Gasteiger partial charge in [0.05, 0.1) is 6.61 Å². The Morgan fingerprint density at radius 3 is 2.67 bits per heavy atom. The lowest BCUT2D eigenvalue weighted by molar-refractivity contribution is -0.118. The maximum atomic E-state index is 10.7. The van der Waals surface area contributed by atoms with Gasteiger partial charge in [0.25, 0.3) is 0 Å². The van der Waals surface area contributed by atoms with Crippen LogP contribution in [0.25, 0.3) is 0 Å². The van der Waals surface area contributed by atoms with Gasteiger partial charge in [-0.1, -0.05) is 6.92 Å². The van der Waals surface area contributed by atoms with Crippen molar-refractivity contribution in [3.05, 3.63) is 0 Å². The summed E-state index contributed by atoms with van der Waals surface area (Å²) >= 11 is 0. The number of carbonyl (C=O) groups excluding carboxylic acids is 2. The van der Waals surface area contributed by atoms with Gasteiger partial charge in [-0.05, 0) is 6.42 Å². The molecule has 0 aromatic rings. The third-order valence-electron chi connectivity index (χ3n) is 1.06. The van der Waals surface area contributed by atoms with E-state index in [0.717, 1.165) is 6.42 Å². The van der Waals surface area contributed by atoms with E-state index in [1.165, 1.54) is 0 Å². The molecule has 0 aromatic heterocycles. The molecule has 0 spiro atoms. The molecule has 0 aliphatic rings. The van der Waals surface area contributed by atoms with Crippen molar-refractivity contribution in [3.8, 4) is 0 Å². The van der Waals surface area contributed by atoms with Gasteiger partial charge in [0.15, 0.2) is 0 Å². The van der Waals surface area contributed by atoms with Crippen LogP contribution >= 0.6 is 0 Å². The highest BCUT2D eigenvalue weighted by Crippen LogP contribution is 1.82. The first-order valence-electron chi connectivity index (χ1n) is 3.82. The van der Waals surface area contributed by atoms with Gasteiger partial charge in [-0.15, -0.1) is 0 Å². The second-order valence-electron chi connectivity index (χ2n) is 2.24. The highest BCUT2D eigenvalue weighted by molar-refractivity contribution is 5.74. The van der Waals surface area contributed by atoms with Crippen molar-refractivity contribution in [3.63, 3.8) is 0 Å². The van der Waals surface area contributed by atoms with Gasteiger partial charge in [0.2, 0.25) is 5.91 Å². The van der Waals surface area contributed by atoms with Gasteiger partial charge in [-0.25, -0.2) is 4.79 Å². The van der Waals surface area contributed by atoms with Crippen LogP contribution in [0.2, 0.25) is 0 Å². The topological polar surface area (TPSA) is 79.2 Å². The molecule has 1 radical (unpaired) electrons. The fraction of sp³-hybridized carbons (Fsp3) is 0.714. The summed E-state index contributed by atoms with van der Waals surface area (Å²) < 4.78 is 4.65. The minimum Gasteiger partial charge on any atom is -0.450 e. The van der Waals surface area contributed by atoms with E-state index in [1.807, 2.05) is 6.92 Å². The summed E-state index contributed by atoms with van der Waals surface area (Å²) in [7, 11) is 0. The van der Waals surface area contributed by atoms with E-state index in [4.69, 9.17) is 5.73 Å². The Morgan fingerprint density at radius 1 is 1.50 bits per heavy atom. The maximum Gasteiger partial charge on any atom is 0.407 e. The molecule has 5 heteroatoms. The third-order valence-corrected chi connectivity index (χ3v) is 1.06. The van der Waals surface area contributed by atoms with Crippen LogP contribution in [0.3, 0.4) is 0 Å². The first-order valence-corrected chi connectivity index (χ1v) is 3.82. The maximum absolute atomic E-state index is 10.7. The molecule has 0 aliphatic carbocycles. The summed E-state index contributed by atoms with van der Waals surface area (Å²) in [6.45, 7) is 2.44. The Kier molecular flexibility index (Phi) is 5.77. The zero-order valence-corrected chi connectivity index (χ0v) is 7.05. The Labute approximate surface area is 71.3 Å². The van der Waals surface area contributed by atoms with Gasteiger partial charge in [-0.3, -0.25) is 10.5 Å². The van der Waals surface area contributed by atoms with Crippen molar-refractivity contribution in [1.82, 2.24) is 11.1 Å². The summed E-state index contributed by atoms with van der Waals surface area (Å²) in [5, 5.41) is 2.35. The molecule has 0 rings (SSSR count). The van der Waals surface area contributed by atoms with E-state index < -0.39 is 12.0 Å². The van der Waals surface area contributed by atoms with E-state index in [9.17, 15) is 9.59 Å². The predicted octanol–water partition coefficient (Wildman–Crippen LogP) is 0.322. The number of hydrogen-bond acceptors (Lipinski definition) is 3. The molecule has 5 nitrogen and oxygen atoms in total. The van der Waals surface area contributed by atoms with E-state index >= 15 is 0 Å². The summed E-state index contributed by atoms with van der Waals surface area (Å²) in [5.74, 6) is -0.689. The van der Waals surface area contributed by atoms with Gasteiger partial charge in [0.1, 0.15) is 0 Å². The highest BCUT2D eigenvalue weighted by atomic mass is 16.5.